The van der Waals surface area contributed by atoms with Gasteiger partial charge in [-0.15, -0.1) is 0 Å². The molecule has 0 aromatic heterocycles. The Morgan fingerprint density at radius 3 is 2.27 bits per heavy atom. The van der Waals surface area contributed by atoms with Crippen LogP contribution in [0.15, 0.2) is 42.5 Å². The van der Waals surface area contributed by atoms with Crippen LogP contribution in [0.5, 0.6) is 0 Å². The maximum absolute atomic E-state index is 11.9. The molecule has 6 nitrogen and oxygen atoms in total. The van der Waals surface area contributed by atoms with E-state index in [1.807, 2.05) is 32.0 Å². The molecule has 2 aromatic carbocycles. The molecular formula is C16H17N3O3. The zero-order valence-electron chi connectivity index (χ0n) is 12.4. The first-order valence-corrected chi connectivity index (χ1v) is 6.81. The quantitative estimate of drug-likeness (QED) is 0.655. The predicted octanol–water partition coefficient (Wildman–Crippen LogP) is 3.26. The van der Waals surface area contributed by atoms with E-state index in [0.29, 0.717) is 5.69 Å². The van der Waals surface area contributed by atoms with Crippen molar-refractivity contribution >= 4 is 23.0 Å². The van der Waals surface area contributed by atoms with Gasteiger partial charge in [0.25, 0.3) is 5.69 Å². The van der Waals surface area contributed by atoms with Crippen molar-refractivity contribution in [3.05, 3.63) is 63.7 Å². The molecule has 0 saturated carbocycles. The highest BCUT2D eigenvalue weighted by Gasteiger charge is 2.06. The zero-order valence-corrected chi connectivity index (χ0v) is 12.4. The number of nitro benzene ring substituents is 1. The maximum Gasteiger partial charge on any atom is 0.269 e. The molecular weight excluding hydrogens is 282 g/mol. The summed E-state index contributed by atoms with van der Waals surface area (Å²) in [4.78, 5) is 22.0. The number of nitrogens with zero attached hydrogens (tertiary/aromatic N) is 1. The molecule has 0 fully saturated rings. The van der Waals surface area contributed by atoms with Crippen LogP contribution in [0.25, 0.3) is 0 Å². The van der Waals surface area contributed by atoms with E-state index >= 15 is 0 Å². The van der Waals surface area contributed by atoms with Gasteiger partial charge in [-0.1, -0.05) is 6.07 Å². The first kappa shape index (κ1) is 15.5. The van der Waals surface area contributed by atoms with E-state index in [-0.39, 0.29) is 18.1 Å². The van der Waals surface area contributed by atoms with Crippen LogP contribution in [0.1, 0.15) is 11.1 Å². The molecule has 0 aliphatic heterocycles. The molecule has 6 heteroatoms. The molecule has 0 heterocycles. The lowest BCUT2D eigenvalue weighted by atomic mass is 10.1. The number of amides is 1. The molecule has 114 valence electrons. The van der Waals surface area contributed by atoms with Crippen molar-refractivity contribution in [1.82, 2.24) is 0 Å². The number of nitro groups is 1. The van der Waals surface area contributed by atoms with Crippen molar-refractivity contribution in [2.24, 2.45) is 0 Å². The Labute approximate surface area is 128 Å². The van der Waals surface area contributed by atoms with Crippen LogP contribution in [0.2, 0.25) is 0 Å². The highest BCUT2D eigenvalue weighted by atomic mass is 16.6. The lowest BCUT2D eigenvalue weighted by Crippen LogP contribution is -2.21. The second-order valence-corrected chi connectivity index (χ2v) is 5.00. The molecule has 1 amide bonds. The van der Waals surface area contributed by atoms with Gasteiger partial charge in [-0.2, -0.15) is 0 Å². The largest absolute Gasteiger partial charge is 0.376 e. The molecule has 0 aliphatic rings. The van der Waals surface area contributed by atoms with E-state index in [0.717, 1.165) is 11.3 Å². The fourth-order valence-corrected chi connectivity index (χ4v) is 1.91. The van der Waals surface area contributed by atoms with Gasteiger partial charge in [0.1, 0.15) is 0 Å². The second kappa shape index (κ2) is 6.71. The van der Waals surface area contributed by atoms with Crippen LogP contribution in [-0.4, -0.2) is 17.4 Å². The van der Waals surface area contributed by atoms with Crippen LogP contribution < -0.4 is 10.6 Å². The summed E-state index contributed by atoms with van der Waals surface area (Å²) in [6.45, 7) is 4.09. The molecule has 0 bridgehead atoms. The molecule has 2 aromatic rings. The van der Waals surface area contributed by atoms with Crippen LogP contribution >= 0.6 is 0 Å². The third kappa shape index (κ3) is 4.05. The zero-order chi connectivity index (χ0) is 16.1. The molecule has 0 atom stereocenters. The highest BCUT2D eigenvalue weighted by molar-refractivity contribution is 5.93. The Balaban J connectivity index is 1.89. The molecule has 2 rings (SSSR count). The minimum atomic E-state index is -0.462. The monoisotopic (exact) mass is 299 g/mol. The first-order chi connectivity index (χ1) is 10.5. The third-order valence-electron chi connectivity index (χ3n) is 3.32. The molecule has 0 radical (unpaired) electrons. The summed E-state index contributed by atoms with van der Waals surface area (Å²) < 4.78 is 0. The number of carbonyl (C=O) groups excluding carboxylic acids is 1. The molecule has 0 spiro atoms. The fourth-order valence-electron chi connectivity index (χ4n) is 1.91. The molecule has 0 aliphatic carbocycles. The molecule has 0 saturated heterocycles. The van der Waals surface area contributed by atoms with Crippen molar-refractivity contribution in [2.45, 2.75) is 13.8 Å². The Bertz CT molecular complexity index is 696. The first-order valence-electron chi connectivity index (χ1n) is 6.81. The van der Waals surface area contributed by atoms with Gasteiger partial charge >= 0.3 is 0 Å². The number of hydrogen-bond acceptors (Lipinski definition) is 4. The van der Waals surface area contributed by atoms with Crippen molar-refractivity contribution in [3.63, 3.8) is 0 Å². The van der Waals surface area contributed by atoms with E-state index in [9.17, 15) is 14.9 Å². The third-order valence-corrected chi connectivity index (χ3v) is 3.32. The smallest absolute Gasteiger partial charge is 0.269 e. The van der Waals surface area contributed by atoms with Crippen molar-refractivity contribution < 1.29 is 9.72 Å². The summed E-state index contributed by atoms with van der Waals surface area (Å²) in [5.41, 5.74) is 3.70. The number of nitrogens with one attached hydrogen (secondary N) is 2. The van der Waals surface area contributed by atoms with Gasteiger partial charge in [-0.25, -0.2) is 0 Å². The van der Waals surface area contributed by atoms with Crippen molar-refractivity contribution in [1.29, 1.82) is 0 Å². The van der Waals surface area contributed by atoms with E-state index in [2.05, 4.69) is 10.6 Å². The number of hydrogen-bond donors (Lipinski definition) is 2. The van der Waals surface area contributed by atoms with Gasteiger partial charge in [0.05, 0.1) is 11.5 Å². The van der Waals surface area contributed by atoms with Crippen LogP contribution in [0.4, 0.5) is 17.1 Å². The number of aryl methyl sites for hydroxylation is 2. The van der Waals surface area contributed by atoms with Gasteiger partial charge in [0.15, 0.2) is 0 Å². The minimum Gasteiger partial charge on any atom is -0.376 e. The van der Waals surface area contributed by atoms with Crippen molar-refractivity contribution in [3.8, 4) is 0 Å². The highest BCUT2D eigenvalue weighted by Crippen LogP contribution is 2.16. The van der Waals surface area contributed by atoms with Gasteiger partial charge < -0.3 is 10.6 Å². The summed E-state index contributed by atoms with van der Waals surface area (Å²) in [6, 6.07) is 11.6. The summed E-state index contributed by atoms with van der Waals surface area (Å²) in [7, 11) is 0. The summed E-state index contributed by atoms with van der Waals surface area (Å²) >= 11 is 0. The fraction of sp³-hybridized carbons (Fsp3) is 0.188. The Hall–Kier alpha value is -2.89. The lowest BCUT2D eigenvalue weighted by Gasteiger charge is -2.09. The second-order valence-electron chi connectivity index (χ2n) is 5.00. The number of anilines is 2. The summed E-state index contributed by atoms with van der Waals surface area (Å²) in [6.07, 6.45) is 0. The van der Waals surface area contributed by atoms with Gasteiger partial charge in [0.2, 0.25) is 5.91 Å². The average Bonchev–Trinajstić information content (AvgIpc) is 2.49. The topological polar surface area (TPSA) is 84.3 Å². The predicted molar refractivity (Wildman–Crippen MR) is 86.1 cm³/mol. The number of rotatable bonds is 5. The lowest BCUT2D eigenvalue weighted by molar-refractivity contribution is -0.384. The maximum atomic E-state index is 11.9. The summed E-state index contributed by atoms with van der Waals surface area (Å²) in [5.74, 6) is -0.179. The Morgan fingerprint density at radius 2 is 1.68 bits per heavy atom. The van der Waals surface area contributed by atoms with Crippen LogP contribution in [0.3, 0.4) is 0 Å². The Morgan fingerprint density at radius 1 is 1.05 bits per heavy atom. The van der Waals surface area contributed by atoms with Gasteiger partial charge in [0, 0.05) is 23.5 Å². The number of benzene rings is 2. The average molecular weight is 299 g/mol. The van der Waals surface area contributed by atoms with E-state index in [1.54, 1.807) is 12.1 Å². The normalized spacial score (nSPS) is 10.1. The Kier molecular flexibility index (Phi) is 4.73. The molecule has 0 unspecified atom stereocenters. The molecule has 2 N–H and O–H groups in total. The number of carbonyl (C=O) groups is 1. The van der Waals surface area contributed by atoms with Crippen LogP contribution in [0, 0.1) is 24.0 Å². The van der Waals surface area contributed by atoms with Crippen molar-refractivity contribution in [2.75, 3.05) is 17.2 Å². The molecule has 22 heavy (non-hydrogen) atoms. The van der Waals surface area contributed by atoms with E-state index < -0.39 is 4.92 Å². The van der Waals surface area contributed by atoms with Gasteiger partial charge in [-0.3, -0.25) is 14.9 Å². The van der Waals surface area contributed by atoms with E-state index in [4.69, 9.17) is 0 Å². The SMILES string of the molecule is Cc1ccc(NC(=O)CNc2ccc([N+](=O)[O-])cc2)cc1C. The van der Waals surface area contributed by atoms with Gasteiger partial charge in [-0.05, 0) is 49.2 Å². The summed E-state index contributed by atoms with van der Waals surface area (Å²) in [5, 5.41) is 16.3. The number of non-ortho nitro benzene ring substituents is 1. The standard InChI is InChI=1S/C16H17N3O3/c1-11-3-4-14(9-12(11)2)18-16(20)10-17-13-5-7-15(8-6-13)19(21)22/h3-9,17H,10H2,1-2H3,(H,18,20). The van der Waals surface area contributed by atoms with Crippen LogP contribution in [-0.2, 0) is 4.79 Å². The minimum absolute atomic E-state index is 0.0186. The van der Waals surface area contributed by atoms with E-state index in [1.165, 1.54) is 17.7 Å².